The van der Waals surface area contributed by atoms with Crippen LogP contribution in [0.3, 0.4) is 0 Å². The SMILES string of the molecule is Cc1cc(C)nc(Nc2ccc(NC(=O)c3ccn4cc(-c5ccccc5)nc4c3)cc2)n1. The van der Waals surface area contributed by atoms with Crippen LogP contribution in [0.4, 0.5) is 17.3 Å². The van der Waals surface area contributed by atoms with Crippen LogP contribution in [0.2, 0.25) is 0 Å². The van der Waals surface area contributed by atoms with Gasteiger partial charge in [-0.2, -0.15) is 0 Å². The fraction of sp³-hybridized carbons (Fsp3) is 0.0769. The van der Waals surface area contributed by atoms with Gasteiger partial charge in [0.25, 0.3) is 5.91 Å². The molecule has 2 N–H and O–H groups in total. The number of rotatable bonds is 5. The van der Waals surface area contributed by atoms with Crippen molar-refractivity contribution in [1.29, 1.82) is 0 Å². The molecule has 0 saturated carbocycles. The summed E-state index contributed by atoms with van der Waals surface area (Å²) in [7, 11) is 0. The molecule has 5 rings (SSSR count). The molecule has 0 unspecified atom stereocenters. The topological polar surface area (TPSA) is 84.2 Å². The van der Waals surface area contributed by atoms with Crippen molar-refractivity contribution in [3.63, 3.8) is 0 Å². The number of fused-ring (bicyclic) bond motifs is 1. The number of aromatic nitrogens is 4. The Balaban J connectivity index is 1.29. The van der Waals surface area contributed by atoms with E-state index in [1.54, 1.807) is 12.1 Å². The van der Waals surface area contributed by atoms with E-state index in [0.29, 0.717) is 17.2 Å². The van der Waals surface area contributed by atoms with Crippen LogP contribution in [0.1, 0.15) is 21.7 Å². The number of aryl methyl sites for hydroxylation is 2. The van der Waals surface area contributed by atoms with Crippen LogP contribution in [-0.4, -0.2) is 25.3 Å². The van der Waals surface area contributed by atoms with Crippen LogP contribution in [0.5, 0.6) is 0 Å². The summed E-state index contributed by atoms with van der Waals surface area (Å²) in [6, 6.07) is 22.9. The Kier molecular flexibility index (Phi) is 5.28. The highest BCUT2D eigenvalue weighted by atomic mass is 16.1. The maximum Gasteiger partial charge on any atom is 0.255 e. The van der Waals surface area contributed by atoms with Crippen molar-refractivity contribution in [3.05, 3.63) is 102 Å². The van der Waals surface area contributed by atoms with Gasteiger partial charge in [0, 0.05) is 46.3 Å². The van der Waals surface area contributed by atoms with E-state index < -0.39 is 0 Å². The predicted octanol–water partition coefficient (Wildman–Crippen LogP) is 5.40. The zero-order chi connectivity index (χ0) is 22.8. The van der Waals surface area contributed by atoms with E-state index in [0.717, 1.165) is 34.0 Å². The zero-order valence-electron chi connectivity index (χ0n) is 18.3. The molecule has 0 bridgehead atoms. The summed E-state index contributed by atoms with van der Waals surface area (Å²) in [5.74, 6) is 0.354. The lowest BCUT2D eigenvalue weighted by molar-refractivity contribution is 0.102. The molecule has 2 aromatic carbocycles. The quantitative estimate of drug-likeness (QED) is 0.387. The second-order valence-corrected chi connectivity index (χ2v) is 7.80. The summed E-state index contributed by atoms with van der Waals surface area (Å²) in [5, 5.41) is 6.12. The van der Waals surface area contributed by atoms with Gasteiger partial charge >= 0.3 is 0 Å². The standard InChI is InChI=1S/C26H22N6O/c1-17-14-18(2)28-26(27-17)30-22-10-8-21(9-11-22)29-25(33)20-12-13-32-16-23(31-24(32)15-20)19-6-4-3-5-7-19/h3-16H,1-2H3,(H,29,33)(H,27,28,30). The molecule has 0 saturated heterocycles. The molecule has 0 atom stereocenters. The average molecular weight is 435 g/mol. The van der Waals surface area contributed by atoms with Crippen molar-refractivity contribution in [2.45, 2.75) is 13.8 Å². The molecular weight excluding hydrogens is 412 g/mol. The average Bonchev–Trinajstić information content (AvgIpc) is 3.24. The Labute approximate surface area is 191 Å². The number of carbonyl (C=O) groups is 1. The number of nitrogens with one attached hydrogen (secondary N) is 2. The van der Waals surface area contributed by atoms with Crippen LogP contribution in [0.25, 0.3) is 16.9 Å². The summed E-state index contributed by atoms with van der Waals surface area (Å²) in [4.78, 5) is 26.2. The van der Waals surface area contributed by atoms with Crippen molar-refractivity contribution in [1.82, 2.24) is 19.4 Å². The summed E-state index contributed by atoms with van der Waals surface area (Å²) in [5.41, 5.74) is 6.49. The minimum absolute atomic E-state index is 0.194. The van der Waals surface area contributed by atoms with Gasteiger partial charge in [0.15, 0.2) is 0 Å². The van der Waals surface area contributed by atoms with Crippen LogP contribution in [0.15, 0.2) is 85.2 Å². The Morgan fingerprint density at radius 2 is 1.52 bits per heavy atom. The Hall–Kier alpha value is -4.52. The van der Waals surface area contributed by atoms with Gasteiger partial charge in [-0.05, 0) is 56.3 Å². The highest BCUT2D eigenvalue weighted by molar-refractivity contribution is 6.04. The zero-order valence-corrected chi connectivity index (χ0v) is 18.3. The van der Waals surface area contributed by atoms with E-state index in [1.165, 1.54) is 0 Å². The molecule has 0 aliphatic carbocycles. The number of nitrogens with zero attached hydrogens (tertiary/aromatic N) is 4. The molecular formula is C26H22N6O. The number of carbonyl (C=O) groups excluding carboxylic acids is 1. The molecule has 162 valence electrons. The first-order valence-corrected chi connectivity index (χ1v) is 10.6. The van der Waals surface area contributed by atoms with Crippen LogP contribution in [0, 0.1) is 13.8 Å². The monoisotopic (exact) mass is 434 g/mol. The molecule has 0 aliphatic heterocycles. The third-order valence-corrected chi connectivity index (χ3v) is 5.17. The number of hydrogen-bond donors (Lipinski definition) is 2. The highest BCUT2D eigenvalue weighted by Crippen LogP contribution is 2.21. The van der Waals surface area contributed by atoms with Gasteiger partial charge in [-0.25, -0.2) is 15.0 Å². The number of pyridine rings is 1. The first kappa shape index (κ1) is 20.4. The molecule has 0 fully saturated rings. The lowest BCUT2D eigenvalue weighted by atomic mass is 10.2. The van der Waals surface area contributed by atoms with Crippen molar-refractivity contribution in [3.8, 4) is 11.3 Å². The normalized spacial score (nSPS) is 10.8. The van der Waals surface area contributed by atoms with Crippen LogP contribution in [-0.2, 0) is 0 Å². The molecule has 33 heavy (non-hydrogen) atoms. The lowest BCUT2D eigenvalue weighted by Gasteiger charge is -2.09. The van der Waals surface area contributed by atoms with Crippen molar-refractivity contribution in [2.24, 2.45) is 0 Å². The number of imidazole rings is 1. The van der Waals surface area contributed by atoms with E-state index in [-0.39, 0.29) is 5.91 Å². The number of anilines is 3. The fourth-order valence-corrected chi connectivity index (χ4v) is 3.62. The van der Waals surface area contributed by atoms with Gasteiger partial charge in [-0.15, -0.1) is 0 Å². The van der Waals surface area contributed by atoms with Crippen molar-refractivity contribution < 1.29 is 4.79 Å². The maximum absolute atomic E-state index is 12.8. The van der Waals surface area contributed by atoms with Crippen molar-refractivity contribution >= 4 is 28.9 Å². The molecule has 0 aliphatic rings. The first-order valence-electron chi connectivity index (χ1n) is 10.6. The minimum Gasteiger partial charge on any atom is -0.324 e. The fourth-order valence-electron chi connectivity index (χ4n) is 3.62. The first-order chi connectivity index (χ1) is 16.0. The molecule has 1 amide bonds. The number of amides is 1. The maximum atomic E-state index is 12.8. The van der Waals surface area contributed by atoms with E-state index in [1.807, 2.05) is 91.3 Å². The molecule has 5 aromatic rings. The number of benzene rings is 2. The Morgan fingerprint density at radius 3 is 2.24 bits per heavy atom. The summed E-state index contributed by atoms with van der Waals surface area (Å²) < 4.78 is 1.91. The van der Waals surface area contributed by atoms with Gasteiger partial charge in [-0.1, -0.05) is 30.3 Å². The molecule has 3 heterocycles. The Morgan fingerprint density at radius 1 is 0.818 bits per heavy atom. The van der Waals surface area contributed by atoms with Crippen molar-refractivity contribution in [2.75, 3.05) is 10.6 Å². The molecule has 0 radical (unpaired) electrons. The second kappa shape index (κ2) is 8.55. The summed E-state index contributed by atoms with van der Waals surface area (Å²) in [6.07, 6.45) is 3.80. The minimum atomic E-state index is -0.194. The van der Waals surface area contributed by atoms with Gasteiger partial charge < -0.3 is 15.0 Å². The van der Waals surface area contributed by atoms with Gasteiger partial charge in [0.05, 0.1) is 5.69 Å². The van der Waals surface area contributed by atoms with E-state index in [4.69, 9.17) is 0 Å². The molecule has 7 heteroatoms. The largest absolute Gasteiger partial charge is 0.324 e. The van der Waals surface area contributed by atoms with Gasteiger partial charge in [0.2, 0.25) is 5.95 Å². The van der Waals surface area contributed by atoms with Crippen LogP contribution < -0.4 is 10.6 Å². The predicted molar refractivity (Wildman–Crippen MR) is 130 cm³/mol. The van der Waals surface area contributed by atoms with E-state index in [9.17, 15) is 4.79 Å². The summed E-state index contributed by atoms with van der Waals surface area (Å²) in [6.45, 7) is 3.86. The Bertz CT molecular complexity index is 1420. The number of hydrogen-bond acceptors (Lipinski definition) is 5. The molecule has 7 nitrogen and oxygen atoms in total. The lowest BCUT2D eigenvalue weighted by Crippen LogP contribution is -2.12. The molecule has 0 spiro atoms. The second-order valence-electron chi connectivity index (χ2n) is 7.80. The van der Waals surface area contributed by atoms with E-state index in [2.05, 4.69) is 25.6 Å². The van der Waals surface area contributed by atoms with Crippen LogP contribution >= 0.6 is 0 Å². The van der Waals surface area contributed by atoms with Gasteiger partial charge in [-0.3, -0.25) is 4.79 Å². The van der Waals surface area contributed by atoms with E-state index >= 15 is 0 Å². The smallest absolute Gasteiger partial charge is 0.255 e. The highest BCUT2D eigenvalue weighted by Gasteiger charge is 2.10. The van der Waals surface area contributed by atoms with Gasteiger partial charge in [0.1, 0.15) is 5.65 Å². The third-order valence-electron chi connectivity index (χ3n) is 5.17. The summed E-state index contributed by atoms with van der Waals surface area (Å²) >= 11 is 0. The molecule has 3 aromatic heterocycles. The third kappa shape index (κ3) is 4.57.